The zero-order chi connectivity index (χ0) is 21.3. The Bertz CT molecular complexity index is 1210. The van der Waals surface area contributed by atoms with Crippen molar-refractivity contribution < 1.29 is 18.7 Å². The van der Waals surface area contributed by atoms with Crippen molar-refractivity contribution in [1.29, 1.82) is 5.26 Å². The van der Waals surface area contributed by atoms with Crippen LogP contribution in [0.5, 0.6) is 11.5 Å². The third kappa shape index (κ3) is 3.61. The maximum atomic E-state index is 13.4. The average Bonchev–Trinajstić information content (AvgIpc) is 2.73. The molecule has 2 N–H and O–H groups in total. The van der Waals surface area contributed by atoms with E-state index in [0.29, 0.717) is 22.4 Å². The molecule has 0 aliphatic carbocycles. The zero-order valence-electron chi connectivity index (χ0n) is 16.1. The topological polar surface area (TPSA) is 85.3 Å². The molecule has 0 aromatic heterocycles. The summed E-state index contributed by atoms with van der Waals surface area (Å²) in [5.74, 6) is -0.769. The Morgan fingerprint density at radius 1 is 1.13 bits per heavy atom. The second-order valence-electron chi connectivity index (χ2n) is 6.93. The predicted molar refractivity (Wildman–Crippen MR) is 108 cm³/mol. The Balaban J connectivity index is 1.69. The SMILES string of the molecule is Cc1cccc(C(=O)Oc2ccc3c(c2)OC(N)=C(C#N)C3c2ccc(F)cc2)c1. The highest BCUT2D eigenvalue weighted by Crippen LogP contribution is 2.43. The van der Waals surface area contributed by atoms with Crippen LogP contribution in [-0.2, 0) is 0 Å². The number of hydrogen-bond donors (Lipinski definition) is 1. The third-order valence-electron chi connectivity index (χ3n) is 4.86. The maximum Gasteiger partial charge on any atom is 0.343 e. The fourth-order valence-electron chi connectivity index (χ4n) is 3.44. The van der Waals surface area contributed by atoms with E-state index >= 15 is 0 Å². The lowest BCUT2D eigenvalue weighted by Gasteiger charge is -2.26. The molecule has 0 amide bonds. The van der Waals surface area contributed by atoms with Crippen molar-refractivity contribution in [3.8, 4) is 17.6 Å². The lowest BCUT2D eigenvalue weighted by molar-refractivity contribution is 0.0734. The Morgan fingerprint density at radius 3 is 2.60 bits per heavy atom. The van der Waals surface area contributed by atoms with Crippen molar-refractivity contribution in [2.45, 2.75) is 12.8 Å². The van der Waals surface area contributed by atoms with Gasteiger partial charge in [0.15, 0.2) is 0 Å². The standard InChI is InChI=1S/C24H17FN2O3/c1-14-3-2-4-16(11-14)24(28)29-18-9-10-19-21(12-18)30-23(27)20(13-26)22(19)15-5-7-17(25)8-6-15/h2-12,22H,27H2,1H3. The van der Waals surface area contributed by atoms with E-state index in [1.165, 1.54) is 12.1 Å². The van der Waals surface area contributed by atoms with Crippen LogP contribution in [0.3, 0.4) is 0 Å². The van der Waals surface area contributed by atoms with E-state index in [9.17, 15) is 14.4 Å². The molecule has 0 saturated carbocycles. The summed E-state index contributed by atoms with van der Waals surface area (Å²) >= 11 is 0. The minimum Gasteiger partial charge on any atom is -0.440 e. The molecule has 148 valence electrons. The number of hydrogen-bond acceptors (Lipinski definition) is 5. The molecule has 1 aliphatic heterocycles. The minimum atomic E-state index is -0.513. The van der Waals surface area contributed by atoms with E-state index in [0.717, 1.165) is 5.56 Å². The maximum absolute atomic E-state index is 13.4. The van der Waals surface area contributed by atoms with E-state index in [-0.39, 0.29) is 23.0 Å². The van der Waals surface area contributed by atoms with Gasteiger partial charge in [0, 0.05) is 11.6 Å². The molecule has 0 saturated heterocycles. The van der Waals surface area contributed by atoms with Crippen LogP contribution in [0.1, 0.15) is 33.0 Å². The van der Waals surface area contributed by atoms with Crippen LogP contribution in [0.4, 0.5) is 4.39 Å². The van der Waals surface area contributed by atoms with Gasteiger partial charge in [0.25, 0.3) is 0 Å². The number of rotatable bonds is 3. The molecule has 1 heterocycles. The van der Waals surface area contributed by atoms with Crippen molar-refractivity contribution >= 4 is 5.97 Å². The van der Waals surface area contributed by atoms with Gasteiger partial charge in [0.2, 0.25) is 5.88 Å². The van der Waals surface area contributed by atoms with Gasteiger partial charge in [-0.3, -0.25) is 0 Å². The van der Waals surface area contributed by atoms with Crippen molar-refractivity contribution in [2.75, 3.05) is 0 Å². The summed E-state index contributed by atoms with van der Waals surface area (Å²) in [5.41, 5.74) is 8.96. The largest absolute Gasteiger partial charge is 0.440 e. The highest BCUT2D eigenvalue weighted by Gasteiger charge is 2.31. The summed E-state index contributed by atoms with van der Waals surface area (Å²) < 4.78 is 24.5. The lowest BCUT2D eigenvalue weighted by atomic mass is 9.83. The van der Waals surface area contributed by atoms with Gasteiger partial charge in [0.1, 0.15) is 29.0 Å². The zero-order valence-corrected chi connectivity index (χ0v) is 16.1. The van der Waals surface area contributed by atoms with E-state index in [1.54, 1.807) is 48.5 Å². The number of nitrogens with two attached hydrogens (primary N) is 1. The van der Waals surface area contributed by atoms with Gasteiger partial charge in [-0.1, -0.05) is 35.9 Å². The van der Waals surface area contributed by atoms with Crippen LogP contribution in [-0.4, -0.2) is 5.97 Å². The Hall–Kier alpha value is -4.11. The van der Waals surface area contributed by atoms with Crippen LogP contribution in [0.15, 0.2) is 78.2 Å². The molecule has 0 bridgehead atoms. The molecule has 1 atom stereocenters. The summed E-state index contributed by atoms with van der Waals surface area (Å²) in [4.78, 5) is 12.4. The van der Waals surface area contributed by atoms with Crippen molar-refractivity contribution in [3.63, 3.8) is 0 Å². The molecule has 30 heavy (non-hydrogen) atoms. The monoisotopic (exact) mass is 400 g/mol. The molecule has 0 spiro atoms. The number of nitrogens with zero attached hydrogens (tertiary/aromatic N) is 1. The molecule has 0 fully saturated rings. The number of benzene rings is 3. The van der Waals surface area contributed by atoms with Gasteiger partial charge < -0.3 is 15.2 Å². The highest BCUT2D eigenvalue weighted by molar-refractivity contribution is 5.91. The number of halogens is 1. The first kappa shape index (κ1) is 19.2. The van der Waals surface area contributed by atoms with Gasteiger partial charge in [-0.25, -0.2) is 9.18 Å². The van der Waals surface area contributed by atoms with Gasteiger partial charge in [0.05, 0.1) is 11.5 Å². The molecule has 3 aromatic rings. The molecule has 1 aliphatic rings. The molecule has 4 rings (SSSR count). The number of nitriles is 1. The number of carbonyl (C=O) groups is 1. The quantitative estimate of drug-likeness (QED) is 0.514. The Kier molecular flexibility index (Phi) is 4.95. The number of carbonyl (C=O) groups excluding carboxylic acids is 1. The fraction of sp³-hybridized carbons (Fsp3) is 0.0833. The average molecular weight is 400 g/mol. The number of aryl methyl sites for hydroxylation is 1. The molecular weight excluding hydrogens is 383 g/mol. The number of ether oxygens (including phenoxy) is 2. The molecule has 5 nitrogen and oxygen atoms in total. The third-order valence-corrected chi connectivity index (χ3v) is 4.86. The second-order valence-corrected chi connectivity index (χ2v) is 6.93. The van der Waals surface area contributed by atoms with Crippen molar-refractivity contribution in [2.24, 2.45) is 5.73 Å². The fourth-order valence-corrected chi connectivity index (χ4v) is 3.44. The molecule has 3 aromatic carbocycles. The van der Waals surface area contributed by atoms with E-state index < -0.39 is 11.9 Å². The van der Waals surface area contributed by atoms with Crippen LogP contribution in [0, 0.1) is 24.1 Å². The Labute approximate surface area is 172 Å². The normalized spacial score (nSPS) is 15.0. The van der Waals surface area contributed by atoms with Crippen LogP contribution < -0.4 is 15.2 Å². The summed E-state index contributed by atoms with van der Waals surface area (Å²) in [6, 6.07) is 19.9. The first-order chi connectivity index (χ1) is 14.5. The van der Waals surface area contributed by atoms with E-state index in [4.69, 9.17) is 15.2 Å². The van der Waals surface area contributed by atoms with Crippen LogP contribution >= 0.6 is 0 Å². The van der Waals surface area contributed by atoms with E-state index in [1.807, 2.05) is 13.0 Å². The highest BCUT2D eigenvalue weighted by atomic mass is 19.1. The second kappa shape index (κ2) is 7.72. The smallest absolute Gasteiger partial charge is 0.343 e. The predicted octanol–water partition coefficient (Wildman–Crippen LogP) is 4.57. The number of esters is 1. The molecule has 0 radical (unpaired) electrons. The van der Waals surface area contributed by atoms with Gasteiger partial charge in [-0.2, -0.15) is 5.26 Å². The minimum absolute atomic E-state index is 0.0403. The summed E-state index contributed by atoms with van der Waals surface area (Å²) in [6.45, 7) is 1.89. The summed E-state index contributed by atoms with van der Waals surface area (Å²) in [7, 11) is 0. The first-order valence-corrected chi connectivity index (χ1v) is 9.22. The van der Waals surface area contributed by atoms with Crippen LogP contribution in [0.25, 0.3) is 0 Å². The van der Waals surface area contributed by atoms with Crippen molar-refractivity contribution in [1.82, 2.24) is 0 Å². The van der Waals surface area contributed by atoms with Crippen LogP contribution in [0.2, 0.25) is 0 Å². The first-order valence-electron chi connectivity index (χ1n) is 9.22. The Morgan fingerprint density at radius 2 is 1.90 bits per heavy atom. The number of allylic oxidation sites excluding steroid dienone is 1. The molecule has 6 heteroatoms. The van der Waals surface area contributed by atoms with Crippen molar-refractivity contribution in [3.05, 3.63) is 106 Å². The number of fused-ring (bicyclic) bond motifs is 1. The van der Waals surface area contributed by atoms with Gasteiger partial charge >= 0.3 is 5.97 Å². The van der Waals surface area contributed by atoms with Gasteiger partial charge in [-0.15, -0.1) is 0 Å². The summed E-state index contributed by atoms with van der Waals surface area (Å²) in [6.07, 6.45) is 0. The summed E-state index contributed by atoms with van der Waals surface area (Å²) in [5, 5.41) is 9.58. The molecular formula is C24H17FN2O3. The van der Waals surface area contributed by atoms with E-state index in [2.05, 4.69) is 6.07 Å². The molecule has 1 unspecified atom stereocenters. The lowest BCUT2D eigenvalue weighted by Crippen LogP contribution is -2.21. The van der Waals surface area contributed by atoms with Gasteiger partial charge in [-0.05, 0) is 42.8 Å².